The van der Waals surface area contributed by atoms with Crippen LogP contribution in [-0.2, 0) is 14.3 Å². The van der Waals surface area contributed by atoms with Crippen molar-refractivity contribution in [1.82, 2.24) is 4.90 Å². The Morgan fingerprint density at radius 3 is 1.86 bits per heavy atom. The highest BCUT2D eigenvalue weighted by Crippen LogP contribution is 2.09. The number of hydrogen-bond acceptors (Lipinski definition) is 5. The zero-order valence-corrected chi connectivity index (χ0v) is 14.0. The first-order chi connectivity index (χ1) is 10.3. The summed E-state index contributed by atoms with van der Waals surface area (Å²) in [4.78, 5) is 35.9. The molecule has 0 unspecified atom stereocenters. The van der Waals surface area contributed by atoms with Crippen LogP contribution < -0.4 is 0 Å². The van der Waals surface area contributed by atoms with Crippen LogP contribution in [0.1, 0.15) is 47.5 Å². The van der Waals surface area contributed by atoms with Gasteiger partial charge in [-0.25, -0.2) is 9.59 Å². The predicted molar refractivity (Wildman–Crippen MR) is 83.3 cm³/mol. The number of amides is 3. The van der Waals surface area contributed by atoms with Gasteiger partial charge in [0.15, 0.2) is 0 Å². The summed E-state index contributed by atoms with van der Waals surface area (Å²) >= 11 is 0. The van der Waals surface area contributed by atoms with Crippen molar-refractivity contribution in [2.24, 2.45) is 0 Å². The zero-order valence-electron chi connectivity index (χ0n) is 14.0. The molecule has 0 N–H and O–H groups in total. The van der Waals surface area contributed by atoms with Gasteiger partial charge in [0.2, 0.25) is 0 Å². The van der Waals surface area contributed by atoms with Crippen molar-refractivity contribution in [3.63, 3.8) is 0 Å². The van der Waals surface area contributed by atoms with Gasteiger partial charge in [0.05, 0.1) is 13.2 Å². The van der Waals surface area contributed by atoms with E-state index in [9.17, 15) is 14.4 Å². The highest BCUT2D eigenvalue weighted by atomic mass is 16.6. The summed E-state index contributed by atoms with van der Waals surface area (Å²) in [6.07, 6.45) is 2.70. The minimum absolute atomic E-state index is 0.0608. The summed E-state index contributed by atoms with van der Waals surface area (Å²) in [5.74, 6) is -0.758. The molecule has 0 rings (SSSR count). The molecular formula is C16H25NO5. The molecule has 0 aliphatic heterocycles. The van der Waals surface area contributed by atoms with Gasteiger partial charge in [-0.1, -0.05) is 17.2 Å². The summed E-state index contributed by atoms with van der Waals surface area (Å²) in [7, 11) is 0. The topological polar surface area (TPSA) is 72.9 Å². The lowest BCUT2D eigenvalue weighted by molar-refractivity contribution is -0.123. The molecule has 0 aromatic rings. The van der Waals surface area contributed by atoms with Gasteiger partial charge in [-0.3, -0.25) is 4.79 Å². The summed E-state index contributed by atoms with van der Waals surface area (Å²) < 4.78 is 9.43. The van der Waals surface area contributed by atoms with E-state index in [-0.39, 0.29) is 13.2 Å². The molecule has 0 heterocycles. The summed E-state index contributed by atoms with van der Waals surface area (Å²) in [6, 6.07) is 0. The minimum atomic E-state index is -1.03. The van der Waals surface area contributed by atoms with Crippen LogP contribution >= 0.6 is 0 Å². The van der Waals surface area contributed by atoms with E-state index >= 15 is 0 Å². The van der Waals surface area contributed by atoms with Crippen molar-refractivity contribution < 1.29 is 23.9 Å². The molecule has 0 fully saturated rings. The smallest absolute Gasteiger partial charge is 0.426 e. The lowest BCUT2D eigenvalue weighted by Crippen LogP contribution is -2.41. The normalized spacial score (nSPS) is 10.7. The summed E-state index contributed by atoms with van der Waals surface area (Å²) in [5, 5.41) is 0. The first-order valence-corrected chi connectivity index (χ1v) is 7.31. The van der Waals surface area contributed by atoms with Gasteiger partial charge in [-0.15, -0.1) is 4.90 Å². The number of imide groups is 3. The van der Waals surface area contributed by atoms with Crippen molar-refractivity contribution in [3.05, 3.63) is 23.3 Å². The van der Waals surface area contributed by atoms with Crippen LogP contribution in [0.5, 0.6) is 0 Å². The Hall–Kier alpha value is -2.11. The molecule has 3 amide bonds. The van der Waals surface area contributed by atoms with Crippen molar-refractivity contribution in [2.45, 2.75) is 47.5 Å². The number of carbonyl (C=O) groups excluding carboxylic acids is 3. The molecule has 0 saturated carbocycles. The highest BCUT2D eigenvalue weighted by Gasteiger charge is 2.30. The van der Waals surface area contributed by atoms with Gasteiger partial charge < -0.3 is 9.47 Å². The van der Waals surface area contributed by atoms with Gasteiger partial charge in [-0.05, 0) is 47.5 Å². The lowest BCUT2D eigenvalue weighted by Gasteiger charge is -2.16. The van der Waals surface area contributed by atoms with E-state index in [0.29, 0.717) is 11.3 Å². The maximum atomic E-state index is 12.1. The fraction of sp³-hybridized carbons (Fsp3) is 0.562. The third-order valence-corrected chi connectivity index (χ3v) is 2.58. The maximum absolute atomic E-state index is 12.1. The van der Waals surface area contributed by atoms with Crippen molar-refractivity contribution in [1.29, 1.82) is 0 Å². The van der Waals surface area contributed by atoms with E-state index < -0.39 is 18.1 Å². The minimum Gasteiger partial charge on any atom is -0.449 e. The van der Waals surface area contributed by atoms with E-state index in [1.54, 1.807) is 20.8 Å². The molecule has 6 heteroatoms. The average Bonchev–Trinajstić information content (AvgIpc) is 2.38. The molecule has 6 nitrogen and oxygen atoms in total. The van der Waals surface area contributed by atoms with E-state index in [1.807, 2.05) is 13.8 Å². The van der Waals surface area contributed by atoms with Crippen LogP contribution in [0, 0.1) is 0 Å². The maximum Gasteiger partial charge on any atom is 0.426 e. The Balaban J connectivity index is 4.98. The van der Waals surface area contributed by atoms with Crippen molar-refractivity contribution in [2.75, 3.05) is 13.2 Å². The number of rotatable bonds is 6. The second-order valence-corrected chi connectivity index (χ2v) is 4.88. The Labute approximate surface area is 131 Å². The van der Waals surface area contributed by atoms with Gasteiger partial charge >= 0.3 is 12.2 Å². The highest BCUT2D eigenvalue weighted by molar-refractivity contribution is 6.10. The van der Waals surface area contributed by atoms with Crippen LogP contribution in [0.2, 0.25) is 0 Å². The van der Waals surface area contributed by atoms with Crippen LogP contribution in [0.25, 0.3) is 0 Å². The Kier molecular flexibility index (Phi) is 9.58. The molecule has 0 spiro atoms. The molecule has 0 aliphatic carbocycles. The average molecular weight is 311 g/mol. The van der Waals surface area contributed by atoms with Crippen LogP contribution in [0.15, 0.2) is 23.3 Å². The van der Waals surface area contributed by atoms with Gasteiger partial charge in [0.1, 0.15) is 0 Å². The molecule has 0 bridgehead atoms. The third kappa shape index (κ3) is 7.61. The number of ether oxygens (including phenoxy) is 2. The molecule has 0 aromatic carbocycles. The zero-order chi connectivity index (χ0) is 17.1. The van der Waals surface area contributed by atoms with Crippen LogP contribution in [0.4, 0.5) is 9.59 Å². The molecule has 0 aromatic heterocycles. The van der Waals surface area contributed by atoms with Gasteiger partial charge in [0, 0.05) is 6.08 Å². The molecule has 124 valence electrons. The second-order valence-electron chi connectivity index (χ2n) is 4.88. The lowest BCUT2D eigenvalue weighted by atomic mass is 10.1. The van der Waals surface area contributed by atoms with Crippen molar-refractivity contribution >= 4 is 18.1 Å². The molecule has 0 radical (unpaired) electrons. The summed E-state index contributed by atoms with van der Waals surface area (Å²) in [5.41, 5.74) is 1.96. The number of nitrogens with zero attached hydrogens (tertiary/aromatic N) is 1. The SMILES string of the molecule is CCOC(=O)N(C(=O)C=C(C)CCC=C(C)C)C(=O)OCC. The first kappa shape index (κ1) is 19.9. The van der Waals surface area contributed by atoms with Gasteiger partial charge in [0.25, 0.3) is 5.91 Å². The Morgan fingerprint density at radius 1 is 0.955 bits per heavy atom. The molecule has 0 atom stereocenters. The fourth-order valence-electron chi connectivity index (χ4n) is 1.57. The summed E-state index contributed by atoms with van der Waals surface area (Å²) in [6.45, 7) is 9.06. The molecule has 0 aliphatic rings. The molecule has 0 saturated heterocycles. The largest absolute Gasteiger partial charge is 0.449 e. The third-order valence-electron chi connectivity index (χ3n) is 2.58. The first-order valence-electron chi connectivity index (χ1n) is 7.31. The van der Waals surface area contributed by atoms with E-state index in [4.69, 9.17) is 9.47 Å². The van der Waals surface area contributed by atoms with Crippen LogP contribution in [-0.4, -0.2) is 36.2 Å². The van der Waals surface area contributed by atoms with Gasteiger partial charge in [-0.2, -0.15) is 0 Å². The Morgan fingerprint density at radius 2 is 1.45 bits per heavy atom. The van der Waals surface area contributed by atoms with Crippen molar-refractivity contribution in [3.8, 4) is 0 Å². The quantitative estimate of drug-likeness (QED) is 0.550. The predicted octanol–water partition coefficient (Wildman–Crippen LogP) is 3.82. The van der Waals surface area contributed by atoms with E-state index in [1.165, 1.54) is 11.6 Å². The number of carbonyl (C=O) groups is 3. The number of hydrogen-bond donors (Lipinski definition) is 0. The Bertz CT molecular complexity index is 443. The van der Waals surface area contributed by atoms with Crippen LogP contribution in [0.3, 0.4) is 0 Å². The fourth-order valence-corrected chi connectivity index (χ4v) is 1.57. The van der Waals surface area contributed by atoms with E-state index in [0.717, 1.165) is 12.0 Å². The molecular weight excluding hydrogens is 286 g/mol. The molecule has 22 heavy (non-hydrogen) atoms. The standard InChI is InChI=1S/C16H25NO5/c1-6-21-15(19)17(16(20)22-7-2)14(18)11-13(5)10-8-9-12(3)4/h9,11H,6-8,10H2,1-5H3. The number of allylic oxidation sites excluding steroid dienone is 3. The van der Waals surface area contributed by atoms with E-state index in [2.05, 4.69) is 6.08 Å². The second kappa shape index (κ2) is 10.6. The monoisotopic (exact) mass is 311 g/mol.